The van der Waals surface area contributed by atoms with Gasteiger partial charge >= 0.3 is 0 Å². The molecular weight excluding hydrogens is 429 g/mol. The van der Waals surface area contributed by atoms with Crippen LogP contribution in [0.1, 0.15) is 64.7 Å². The Labute approximate surface area is 171 Å². The number of guanidine groups is 1. The number of hydrogen-bond donors (Lipinski definition) is 2. The monoisotopic (exact) mass is 467 g/mol. The fourth-order valence-electron chi connectivity index (χ4n) is 2.99. The maximum absolute atomic E-state index is 5.96. The van der Waals surface area contributed by atoms with Crippen LogP contribution < -0.4 is 10.6 Å². The highest BCUT2D eigenvalue weighted by Gasteiger charge is 2.20. The first-order chi connectivity index (χ1) is 11.9. The molecule has 2 N–H and O–H groups in total. The van der Waals surface area contributed by atoms with E-state index in [2.05, 4.69) is 22.5 Å². The Balaban J connectivity index is 0.00000312. The number of ether oxygens (including phenoxy) is 2. The average Bonchev–Trinajstić information content (AvgIpc) is 3.42. The molecule has 0 aliphatic heterocycles. The second-order valence-electron chi connectivity index (χ2n) is 7.04. The number of halogens is 1. The van der Waals surface area contributed by atoms with Gasteiger partial charge in [-0.1, -0.05) is 19.3 Å². The topological polar surface area (TPSA) is 54.9 Å². The molecule has 2 aliphatic rings. The van der Waals surface area contributed by atoms with Crippen molar-refractivity contribution in [1.82, 2.24) is 10.6 Å². The van der Waals surface area contributed by atoms with Crippen LogP contribution in [0.4, 0.5) is 0 Å². The van der Waals surface area contributed by atoms with Crippen LogP contribution in [0.15, 0.2) is 4.99 Å². The van der Waals surface area contributed by atoms with Gasteiger partial charge in [-0.3, -0.25) is 4.99 Å². The Kier molecular flexibility index (Phi) is 13.8. The second-order valence-corrected chi connectivity index (χ2v) is 7.04. The van der Waals surface area contributed by atoms with Crippen LogP contribution in [0.3, 0.4) is 0 Å². The summed E-state index contributed by atoms with van der Waals surface area (Å²) in [6, 6.07) is 0. The lowest BCUT2D eigenvalue weighted by Crippen LogP contribution is -2.38. The van der Waals surface area contributed by atoms with Crippen LogP contribution >= 0.6 is 24.0 Å². The normalized spacial score (nSPS) is 18.7. The average molecular weight is 467 g/mol. The maximum atomic E-state index is 5.96. The van der Waals surface area contributed by atoms with Gasteiger partial charge in [0, 0.05) is 39.5 Å². The third-order valence-corrected chi connectivity index (χ3v) is 4.63. The van der Waals surface area contributed by atoms with Gasteiger partial charge in [0.2, 0.25) is 0 Å². The molecule has 0 spiro atoms. The molecule has 0 aromatic rings. The Hall–Kier alpha value is -0.0800. The minimum Gasteiger partial charge on any atom is -0.381 e. The van der Waals surface area contributed by atoms with Crippen molar-refractivity contribution >= 4 is 29.9 Å². The Bertz CT molecular complexity index is 346. The zero-order chi connectivity index (χ0) is 16.9. The van der Waals surface area contributed by atoms with Crippen molar-refractivity contribution in [3.05, 3.63) is 0 Å². The summed E-state index contributed by atoms with van der Waals surface area (Å²) >= 11 is 0. The fraction of sp³-hybridized carbons (Fsp3) is 0.947. The van der Waals surface area contributed by atoms with Gasteiger partial charge in [0.15, 0.2) is 5.96 Å². The standard InChI is InChI=1S/C19H37N3O2.HI/c1-2-20-19(21-12-6-14-23-16-17-10-11-17)22-13-7-15-24-18-8-4-3-5-9-18;/h17-18H,2-16H2,1H3,(H2,20,21,22);1H. The molecule has 0 saturated heterocycles. The summed E-state index contributed by atoms with van der Waals surface area (Å²) in [6.45, 7) is 7.35. The summed E-state index contributed by atoms with van der Waals surface area (Å²) in [5.41, 5.74) is 0. The van der Waals surface area contributed by atoms with E-state index in [9.17, 15) is 0 Å². The molecule has 25 heavy (non-hydrogen) atoms. The van der Waals surface area contributed by atoms with Crippen LogP contribution in [0.2, 0.25) is 0 Å². The number of hydrogen-bond acceptors (Lipinski definition) is 3. The molecule has 0 atom stereocenters. The van der Waals surface area contributed by atoms with E-state index in [4.69, 9.17) is 9.47 Å². The molecule has 2 fully saturated rings. The van der Waals surface area contributed by atoms with E-state index in [1.807, 2.05) is 0 Å². The van der Waals surface area contributed by atoms with E-state index in [-0.39, 0.29) is 24.0 Å². The first-order valence-corrected chi connectivity index (χ1v) is 10.1. The lowest BCUT2D eigenvalue weighted by Gasteiger charge is -2.22. The Morgan fingerprint density at radius 2 is 1.80 bits per heavy atom. The zero-order valence-electron chi connectivity index (χ0n) is 15.9. The quantitative estimate of drug-likeness (QED) is 0.199. The molecule has 2 aliphatic carbocycles. The van der Waals surface area contributed by atoms with Crippen molar-refractivity contribution < 1.29 is 9.47 Å². The van der Waals surface area contributed by atoms with Gasteiger partial charge in [0.25, 0.3) is 0 Å². The summed E-state index contributed by atoms with van der Waals surface area (Å²) in [5.74, 6) is 1.76. The molecule has 2 saturated carbocycles. The van der Waals surface area contributed by atoms with Gasteiger partial charge < -0.3 is 20.1 Å². The van der Waals surface area contributed by atoms with Crippen molar-refractivity contribution in [2.75, 3.05) is 39.5 Å². The van der Waals surface area contributed by atoms with Crippen LogP contribution in [-0.4, -0.2) is 51.5 Å². The molecule has 6 heteroatoms. The smallest absolute Gasteiger partial charge is 0.191 e. The van der Waals surface area contributed by atoms with Crippen molar-refractivity contribution in [2.45, 2.75) is 70.8 Å². The van der Waals surface area contributed by atoms with Gasteiger partial charge in [-0.2, -0.15) is 0 Å². The van der Waals surface area contributed by atoms with Gasteiger partial charge in [-0.15, -0.1) is 24.0 Å². The highest BCUT2D eigenvalue weighted by Crippen LogP contribution is 2.28. The highest BCUT2D eigenvalue weighted by molar-refractivity contribution is 14.0. The van der Waals surface area contributed by atoms with Crippen LogP contribution in [0, 0.1) is 5.92 Å². The predicted molar refractivity (Wildman–Crippen MR) is 115 cm³/mol. The molecule has 0 unspecified atom stereocenters. The van der Waals surface area contributed by atoms with Crippen molar-refractivity contribution in [3.8, 4) is 0 Å². The largest absolute Gasteiger partial charge is 0.381 e. The van der Waals surface area contributed by atoms with Crippen LogP contribution in [0.5, 0.6) is 0 Å². The molecule has 148 valence electrons. The lowest BCUT2D eigenvalue weighted by atomic mass is 9.98. The Morgan fingerprint density at radius 3 is 2.52 bits per heavy atom. The minimum atomic E-state index is 0. The summed E-state index contributed by atoms with van der Waals surface area (Å²) in [4.78, 5) is 4.61. The predicted octanol–water partition coefficient (Wildman–Crippen LogP) is 3.72. The van der Waals surface area contributed by atoms with Crippen molar-refractivity contribution in [2.24, 2.45) is 10.9 Å². The number of nitrogens with one attached hydrogen (secondary N) is 2. The van der Waals surface area contributed by atoms with Gasteiger partial charge in [0.05, 0.1) is 6.10 Å². The molecule has 0 aromatic carbocycles. The highest BCUT2D eigenvalue weighted by atomic mass is 127. The van der Waals surface area contributed by atoms with Crippen molar-refractivity contribution in [3.63, 3.8) is 0 Å². The molecule has 5 nitrogen and oxygen atoms in total. The minimum absolute atomic E-state index is 0. The number of aliphatic imine (C=N–C) groups is 1. The number of rotatable bonds is 12. The summed E-state index contributed by atoms with van der Waals surface area (Å²) in [6.07, 6.45) is 11.8. The maximum Gasteiger partial charge on any atom is 0.191 e. The molecule has 0 radical (unpaired) electrons. The van der Waals surface area contributed by atoms with Crippen LogP contribution in [0.25, 0.3) is 0 Å². The molecular formula is C19H38IN3O2. The zero-order valence-corrected chi connectivity index (χ0v) is 18.3. The summed E-state index contributed by atoms with van der Waals surface area (Å²) in [5, 5.41) is 6.69. The molecule has 0 heterocycles. The fourth-order valence-corrected chi connectivity index (χ4v) is 2.99. The lowest BCUT2D eigenvalue weighted by molar-refractivity contribution is 0.0277. The third-order valence-electron chi connectivity index (χ3n) is 4.63. The van der Waals surface area contributed by atoms with Gasteiger partial charge in [0.1, 0.15) is 0 Å². The second kappa shape index (κ2) is 15.0. The van der Waals surface area contributed by atoms with E-state index >= 15 is 0 Å². The summed E-state index contributed by atoms with van der Waals surface area (Å²) < 4.78 is 11.6. The van der Waals surface area contributed by atoms with Crippen LogP contribution in [-0.2, 0) is 9.47 Å². The third kappa shape index (κ3) is 12.0. The first kappa shape index (κ1) is 23.0. The van der Waals surface area contributed by atoms with E-state index in [1.165, 1.54) is 44.9 Å². The molecule has 0 bridgehead atoms. The van der Waals surface area contributed by atoms with Crippen molar-refractivity contribution in [1.29, 1.82) is 0 Å². The SMILES string of the molecule is CCNC(=NCCCOCC1CC1)NCCCOC1CCCCC1.I. The van der Waals surface area contributed by atoms with E-state index in [0.717, 1.165) is 64.2 Å². The molecule has 0 amide bonds. The van der Waals surface area contributed by atoms with E-state index in [1.54, 1.807) is 0 Å². The van der Waals surface area contributed by atoms with E-state index in [0.29, 0.717) is 6.10 Å². The van der Waals surface area contributed by atoms with E-state index < -0.39 is 0 Å². The molecule has 2 rings (SSSR count). The Morgan fingerprint density at radius 1 is 1.00 bits per heavy atom. The van der Waals surface area contributed by atoms with Gasteiger partial charge in [-0.25, -0.2) is 0 Å². The summed E-state index contributed by atoms with van der Waals surface area (Å²) in [7, 11) is 0. The van der Waals surface area contributed by atoms with Gasteiger partial charge in [-0.05, 0) is 51.4 Å². The first-order valence-electron chi connectivity index (χ1n) is 10.1. The number of nitrogens with zero attached hydrogens (tertiary/aromatic N) is 1. The molecule has 0 aromatic heterocycles.